The largest absolute Gasteiger partial charge is 0.494 e. The highest BCUT2D eigenvalue weighted by molar-refractivity contribution is 7.19. The number of ether oxygens (including phenoxy) is 4. The average Bonchev–Trinajstić information content (AvgIpc) is 4.15. The summed E-state index contributed by atoms with van der Waals surface area (Å²) in [5.41, 5.74) is 10.5. The van der Waals surface area contributed by atoms with E-state index in [-0.39, 0.29) is 17.4 Å². The zero-order chi connectivity index (χ0) is 50.3. The van der Waals surface area contributed by atoms with Crippen molar-refractivity contribution < 1.29 is 28.5 Å². The van der Waals surface area contributed by atoms with Crippen LogP contribution in [-0.4, -0.2) is 37.4 Å². The molecule has 71 heavy (non-hydrogen) atoms. The molecule has 2 heterocycles. The van der Waals surface area contributed by atoms with E-state index < -0.39 is 12.2 Å². The zero-order valence-electron chi connectivity index (χ0n) is 42.1. The molecule has 6 nitrogen and oxygen atoms in total. The van der Waals surface area contributed by atoms with E-state index >= 15 is 0 Å². The molecule has 4 aromatic carbocycles. The van der Waals surface area contributed by atoms with Crippen LogP contribution in [0.2, 0.25) is 0 Å². The fourth-order valence-corrected chi connectivity index (χ4v) is 11.6. The normalized spacial score (nSPS) is 13.2. The van der Waals surface area contributed by atoms with Gasteiger partial charge < -0.3 is 18.9 Å². The van der Waals surface area contributed by atoms with Gasteiger partial charge in [0.15, 0.2) is 0 Å². The number of carbonyl (C=O) groups excluding carboxylic acids is 2. The number of hydrogen-bond donors (Lipinski definition) is 0. The summed E-state index contributed by atoms with van der Waals surface area (Å²) < 4.78 is 22.9. The van der Waals surface area contributed by atoms with Crippen LogP contribution in [0.15, 0.2) is 160 Å². The molecule has 0 unspecified atom stereocenters. The number of carbonyl (C=O) groups is 2. The third kappa shape index (κ3) is 13.2. The topological polar surface area (TPSA) is 71.1 Å². The first-order chi connectivity index (χ1) is 34.5. The summed E-state index contributed by atoms with van der Waals surface area (Å²) >= 11 is 3.67. The second-order valence-corrected chi connectivity index (χ2v) is 21.1. The van der Waals surface area contributed by atoms with Crippen molar-refractivity contribution >= 4 is 34.6 Å². The van der Waals surface area contributed by atoms with Crippen LogP contribution in [0.3, 0.4) is 0 Å². The monoisotopic (exact) mass is 986 g/mol. The smallest absolute Gasteiger partial charge is 0.306 e. The Labute approximate surface area is 430 Å². The Hall–Kier alpha value is -6.22. The summed E-state index contributed by atoms with van der Waals surface area (Å²) in [6, 6.07) is 40.2. The van der Waals surface area contributed by atoms with E-state index in [4.69, 9.17) is 18.9 Å². The lowest BCUT2D eigenvalue weighted by Crippen LogP contribution is -2.25. The molecule has 0 aliphatic heterocycles. The maximum atomic E-state index is 12.2. The van der Waals surface area contributed by atoms with Crippen LogP contribution in [0.1, 0.15) is 103 Å². The summed E-state index contributed by atoms with van der Waals surface area (Å²) in [6.07, 6.45) is 13.7. The maximum absolute atomic E-state index is 12.2. The molecule has 7 rings (SSSR count). The second-order valence-electron chi connectivity index (χ2n) is 18.9. The van der Waals surface area contributed by atoms with Crippen molar-refractivity contribution in [2.24, 2.45) is 11.8 Å². The van der Waals surface area contributed by atoms with Gasteiger partial charge in [0, 0.05) is 37.8 Å². The summed E-state index contributed by atoms with van der Waals surface area (Å²) in [6.45, 7) is 24.8. The highest BCUT2D eigenvalue weighted by atomic mass is 32.1. The third-order valence-corrected chi connectivity index (χ3v) is 16.0. The molecule has 8 heteroatoms. The molecule has 0 bridgehead atoms. The van der Waals surface area contributed by atoms with Crippen LogP contribution < -0.4 is 9.47 Å². The molecule has 0 radical (unpaired) electrons. The summed E-state index contributed by atoms with van der Waals surface area (Å²) in [5.74, 6) is 1.89. The van der Waals surface area contributed by atoms with Gasteiger partial charge in [-0.25, -0.2) is 0 Å². The second kappa shape index (κ2) is 25.2. The van der Waals surface area contributed by atoms with Crippen molar-refractivity contribution in [1.82, 2.24) is 0 Å². The van der Waals surface area contributed by atoms with Crippen molar-refractivity contribution in [3.63, 3.8) is 0 Å². The Kier molecular flexibility index (Phi) is 18.7. The van der Waals surface area contributed by atoms with Gasteiger partial charge in [0.05, 0.1) is 13.2 Å². The Morgan fingerprint density at radius 3 is 1.21 bits per heavy atom. The predicted molar refractivity (Wildman–Crippen MR) is 298 cm³/mol. The molecule has 370 valence electrons. The fraction of sp³-hybridized carbons (Fsp3) is 0.333. The van der Waals surface area contributed by atoms with E-state index in [2.05, 4.69) is 163 Å². The Bertz CT molecular complexity index is 2550. The predicted octanol–water partition coefficient (Wildman–Crippen LogP) is 17.3. The average molecular weight is 987 g/mol. The van der Waals surface area contributed by atoms with Crippen molar-refractivity contribution in [2.45, 2.75) is 110 Å². The fourth-order valence-electron chi connectivity index (χ4n) is 9.63. The molecule has 1 aliphatic rings. The third-order valence-electron chi connectivity index (χ3n) is 13.7. The number of rotatable bonds is 28. The van der Waals surface area contributed by atoms with Gasteiger partial charge >= 0.3 is 11.9 Å². The molecule has 2 aromatic heterocycles. The highest BCUT2D eigenvalue weighted by Gasteiger charge is 2.42. The molecular formula is C63H70O6S2. The van der Waals surface area contributed by atoms with Crippen molar-refractivity contribution in [2.75, 3.05) is 13.2 Å². The molecule has 1 aliphatic carbocycles. The van der Waals surface area contributed by atoms with Crippen LogP contribution in [0.5, 0.6) is 11.5 Å². The van der Waals surface area contributed by atoms with E-state index in [1.165, 1.54) is 64.0 Å². The van der Waals surface area contributed by atoms with Gasteiger partial charge in [0.25, 0.3) is 0 Å². The van der Waals surface area contributed by atoms with Crippen molar-refractivity contribution in [3.05, 3.63) is 171 Å². The summed E-state index contributed by atoms with van der Waals surface area (Å²) in [4.78, 5) is 29.3. The van der Waals surface area contributed by atoms with Crippen molar-refractivity contribution in [3.8, 4) is 64.4 Å². The Balaban J connectivity index is 0.975. The first kappa shape index (κ1) is 52.6. The van der Waals surface area contributed by atoms with Gasteiger partial charge in [-0.1, -0.05) is 91.1 Å². The van der Waals surface area contributed by atoms with Crippen LogP contribution >= 0.6 is 22.7 Å². The number of fused-ring (bicyclic) bond motifs is 3. The van der Waals surface area contributed by atoms with Crippen LogP contribution in [0, 0.1) is 11.8 Å². The van der Waals surface area contributed by atoms with E-state index in [0.717, 1.165) is 62.9 Å². The molecule has 0 amide bonds. The van der Waals surface area contributed by atoms with Gasteiger partial charge in [-0.3, -0.25) is 9.59 Å². The summed E-state index contributed by atoms with van der Waals surface area (Å²) in [7, 11) is 0. The minimum atomic E-state index is -0.442. The van der Waals surface area contributed by atoms with Gasteiger partial charge in [0.1, 0.15) is 23.7 Å². The first-order valence-corrected chi connectivity index (χ1v) is 27.0. The van der Waals surface area contributed by atoms with E-state index in [1.54, 1.807) is 24.3 Å². The van der Waals surface area contributed by atoms with Crippen LogP contribution in [0.25, 0.3) is 52.9 Å². The first-order valence-electron chi connectivity index (χ1n) is 25.4. The SMILES string of the molecule is C=CC(C=C)OC(=O)CC[C@H](C)CCOc1ccc(-c2ccc(-c3ccc4c(c3)C(CCC)(CCC)c3cc(-c5ccc(-c6ccc(OCC[C@@H](C)CCC(=O)OC(C=C)C=C)cc6)s5)ccc3-4)s2)cc1. The van der Waals surface area contributed by atoms with Crippen LogP contribution in [0.4, 0.5) is 0 Å². The van der Waals surface area contributed by atoms with Crippen LogP contribution in [-0.2, 0) is 24.5 Å². The zero-order valence-corrected chi connectivity index (χ0v) is 43.7. The standard InChI is InChI=1S/C63H70O6S2/c1-9-37-63(38-10-2)55-41-47(59-31-29-57(70-59)45-17-23-51(24-18-45)66-39-35-43(7)15-33-61(64)68-49(11-3)12-4)21-27-53(55)54-28-22-48(42-56(54)63)60-32-30-58(71-60)46-19-25-52(26-20-46)67-40-36-44(8)16-34-62(65)69-50(13-5)14-6/h11-14,17-32,41-44,49-50H,3-6,9-10,15-16,33-40H2,1-2,7-8H3/t43-,44-/m0/s1. The lowest BCUT2D eigenvalue weighted by Gasteiger charge is -2.32. The van der Waals surface area contributed by atoms with Crippen molar-refractivity contribution in [1.29, 1.82) is 0 Å². The molecule has 0 spiro atoms. The van der Waals surface area contributed by atoms with Gasteiger partial charge in [0.2, 0.25) is 0 Å². The molecule has 6 aromatic rings. The Morgan fingerprint density at radius 2 is 0.859 bits per heavy atom. The maximum Gasteiger partial charge on any atom is 0.306 e. The molecule has 2 atom stereocenters. The lowest BCUT2D eigenvalue weighted by atomic mass is 9.71. The molecule has 0 fully saturated rings. The van der Waals surface area contributed by atoms with Gasteiger partial charge in [-0.05, 0) is 204 Å². The number of benzene rings is 4. The van der Waals surface area contributed by atoms with E-state index in [9.17, 15) is 9.59 Å². The molecule has 0 saturated heterocycles. The minimum Gasteiger partial charge on any atom is -0.494 e. The van der Waals surface area contributed by atoms with Gasteiger partial charge in [-0.15, -0.1) is 22.7 Å². The van der Waals surface area contributed by atoms with Gasteiger partial charge in [-0.2, -0.15) is 0 Å². The molecule has 0 N–H and O–H groups in total. The quantitative estimate of drug-likeness (QED) is 0.0360. The number of esters is 2. The summed E-state index contributed by atoms with van der Waals surface area (Å²) in [5, 5.41) is 0. The number of hydrogen-bond acceptors (Lipinski definition) is 8. The Morgan fingerprint density at radius 1 is 0.507 bits per heavy atom. The minimum absolute atomic E-state index is 0.0553. The molecule has 0 saturated carbocycles. The molecular weight excluding hydrogens is 917 g/mol. The number of thiophene rings is 2. The van der Waals surface area contributed by atoms with E-state index in [1.807, 2.05) is 22.7 Å². The lowest BCUT2D eigenvalue weighted by molar-refractivity contribution is -0.146. The van der Waals surface area contributed by atoms with E-state index in [0.29, 0.717) is 37.9 Å². The highest BCUT2D eigenvalue weighted by Crippen LogP contribution is 2.56.